The number of hydrogen-bond acceptors (Lipinski definition) is 2. The van der Waals surface area contributed by atoms with Gasteiger partial charge in [0, 0.05) is 6.42 Å². The zero-order chi connectivity index (χ0) is 9.60. The summed E-state index contributed by atoms with van der Waals surface area (Å²) in [6.45, 7) is 0. The summed E-state index contributed by atoms with van der Waals surface area (Å²) in [6, 6.07) is 0. The van der Waals surface area contributed by atoms with E-state index in [2.05, 4.69) is 0 Å². The standard InChI is InChI=1S/C12H18O2/c13-11-9-6-7-12(8-9,14-11)10-4-2-1-3-5-10/h9-10H,1-8H2/t9-,12+/m0/s1. The zero-order valence-electron chi connectivity index (χ0n) is 8.63. The highest BCUT2D eigenvalue weighted by Crippen LogP contribution is 2.52. The van der Waals surface area contributed by atoms with Gasteiger partial charge < -0.3 is 4.74 Å². The summed E-state index contributed by atoms with van der Waals surface area (Å²) in [7, 11) is 0. The fourth-order valence-electron chi connectivity index (χ4n) is 3.70. The van der Waals surface area contributed by atoms with Crippen LogP contribution in [0.25, 0.3) is 0 Å². The number of rotatable bonds is 1. The molecular weight excluding hydrogens is 176 g/mol. The Bertz CT molecular complexity index is 255. The Balaban J connectivity index is 1.79. The number of carbonyl (C=O) groups is 1. The normalized spacial score (nSPS) is 42.9. The number of ether oxygens (including phenoxy) is 1. The third-order valence-corrected chi connectivity index (χ3v) is 4.49. The van der Waals surface area contributed by atoms with Crippen LogP contribution in [0.2, 0.25) is 0 Å². The van der Waals surface area contributed by atoms with Crippen LogP contribution in [0.3, 0.4) is 0 Å². The minimum atomic E-state index is 0.00215. The van der Waals surface area contributed by atoms with E-state index in [1.54, 1.807) is 0 Å². The van der Waals surface area contributed by atoms with E-state index < -0.39 is 0 Å². The van der Waals surface area contributed by atoms with E-state index in [-0.39, 0.29) is 17.5 Å². The van der Waals surface area contributed by atoms with Gasteiger partial charge in [0.15, 0.2) is 0 Å². The Hall–Kier alpha value is -0.530. The van der Waals surface area contributed by atoms with Crippen molar-refractivity contribution in [1.82, 2.24) is 0 Å². The molecule has 0 amide bonds. The molecule has 0 spiro atoms. The SMILES string of the molecule is O=C1O[C@]2(C3CCCCC3)CC[C@H]1C2. The maximum Gasteiger partial charge on any atom is 0.309 e. The molecule has 1 saturated heterocycles. The average molecular weight is 194 g/mol. The molecule has 0 radical (unpaired) electrons. The summed E-state index contributed by atoms with van der Waals surface area (Å²) in [5, 5.41) is 0. The first-order valence-corrected chi connectivity index (χ1v) is 6.03. The second-order valence-corrected chi connectivity index (χ2v) is 5.26. The summed E-state index contributed by atoms with van der Waals surface area (Å²) in [5.41, 5.74) is 0.00215. The van der Waals surface area contributed by atoms with Crippen molar-refractivity contribution >= 4 is 5.97 Å². The van der Waals surface area contributed by atoms with Crippen LogP contribution in [0.15, 0.2) is 0 Å². The van der Waals surface area contributed by atoms with Gasteiger partial charge in [0.1, 0.15) is 5.60 Å². The van der Waals surface area contributed by atoms with Crippen LogP contribution in [0, 0.1) is 11.8 Å². The highest BCUT2D eigenvalue weighted by atomic mass is 16.6. The molecule has 1 aliphatic heterocycles. The number of carbonyl (C=O) groups excluding carboxylic acids is 1. The van der Waals surface area contributed by atoms with E-state index in [0.717, 1.165) is 19.3 Å². The number of hydrogen-bond donors (Lipinski definition) is 0. The molecule has 78 valence electrons. The Kier molecular flexibility index (Phi) is 1.86. The van der Waals surface area contributed by atoms with E-state index in [1.165, 1.54) is 32.1 Å². The van der Waals surface area contributed by atoms with Crippen molar-refractivity contribution in [2.45, 2.75) is 57.0 Å². The zero-order valence-corrected chi connectivity index (χ0v) is 8.63. The van der Waals surface area contributed by atoms with E-state index in [9.17, 15) is 4.79 Å². The smallest absolute Gasteiger partial charge is 0.309 e. The Morgan fingerprint density at radius 1 is 1.14 bits per heavy atom. The quantitative estimate of drug-likeness (QED) is 0.600. The molecule has 2 heteroatoms. The summed E-state index contributed by atoms with van der Waals surface area (Å²) >= 11 is 0. The van der Waals surface area contributed by atoms with Gasteiger partial charge in [-0.3, -0.25) is 4.79 Å². The minimum absolute atomic E-state index is 0.00215. The highest BCUT2D eigenvalue weighted by Gasteiger charge is 2.56. The van der Waals surface area contributed by atoms with Crippen LogP contribution in [-0.2, 0) is 9.53 Å². The fourth-order valence-corrected chi connectivity index (χ4v) is 3.70. The number of fused-ring (bicyclic) bond motifs is 2. The molecule has 14 heavy (non-hydrogen) atoms. The summed E-state index contributed by atoms with van der Waals surface area (Å²) in [5.74, 6) is 1.05. The van der Waals surface area contributed by atoms with Gasteiger partial charge in [-0.25, -0.2) is 0 Å². The lowest BCUT2D eigenvalue weighted by Crippen LogP contribution is -2.38. The van der Waals surface area contributed by atoms with E-state index >= 15 is 0 Å². The molecule has 2 aliphatic carbocycles. The van der Waals surface area contributed by atoms with Crippen molar-refractivity contribution in [3.8, 4) is 0 Å². The molecule has 3 fully saturated rings. The lowest BCUT2D eigenvalue weighted by Gasteiger charge is -2.37. The van der Waals surface area contributed by atoms with Crippen LogP contribution in [0.5, 0.6) is 0 Å². The van der Waals surface area contributed by atoms with Crippen molar-refractivity contribution in [3.05, 3.63) is 0 Å². The number of esters is 1. The van der Waals surface area contributed by atoms with Crippen molar-refractivity contribution in [1.29, 1.82) is 0 Å². The molecule has 3 rings (SSSR count). The van der Waals surface area contributed by atoms with Gasteiger partial charge in [0.05, 0.1) is 5.92 Å². The first-order chi connectivity index (χ1) is 6.80. The van der Waals surface area contributed by atoms with Gasteiger partial charge in [0.25, 0.3) is 0 Å². The van der Waals surface area contributed by atoms with Crippen LogP contribution in [0.1, 0.15) is 51.4 Å². The molecule has 0 aromatic carbocycles. The molecular formula is C12H18O2. The maximum atomic E-state index is 11.5. The second-order valence-electron chi connectivity index (χ2n) is 5.26. The lowest BCUT2D eigenvalue weighted by molar-refractivity contribution is -0.161. The molecule has 0 unspecified atom stereocenters. The monoisotopic (exact) mass is 194 g/mol. The van der Waals surface area contributed by atoms with Crippen molar-refractivity contribution < 1.29 is 9.53 Å². The third kappa shape index (κ3) is 1.12. The van der Waals surface area contributed by atoms with Gasteiger partial charge in [-0.1, -0.05) is 19.3 Å². The average Bonchev–Trinajstić information content (AvgIpc) is 2.77. The Morgan fingerprint density at radius 3 is 2.50 bits per heavy atom. The molecule has 0 N–H and O–H groups in total. The van der Waals surface area contributed by atoms with Crippen LogP contribution in [0.4, 0.5) is 0 Å². The largest absolute Gasteiger partial charge is 0.459 e. The van der Waals surface area contributed by atoms with Gasteiger partial charge in [-0.15, -0.1) is 0 Å². The van der Waals surface area contributed by atoms with Crippen molar-refractivity contribution in [2.75, 3.05) is 0 Å². The second kappa shape index (κ2) is 2.98. The van der Waals surface area contributed by atoms with Gasteiger partial charge in [0.2, 0.25) is 0 Å². The molecule has 2 bridgehead atoms. The van der Waals surface area contributed by atoms with Crippen molar-refractivity contribution in [2.24, 2.45) is 11.8 Å². The van der Waals surface area contributed by atoms with Crippen LogP contribution in [-0.4, -0.2) is 11.6 Å². The predicted molar refractivity (Wildman–Crippen MR) is 52.7 cm³/mol. The Labute approximate surface area is 85.0 Å². The van der Waals surface area contributed by atoms with Gasteiger partial charge in [-0.2, -0.15) is 0 Å². The lowest BCUT2D eigenvalue weighted by atomic mass is 9.76. The van der Waals surface area contributed by atoms with E-state index in [0.29, 0.717) is 5.92 Å². The van der Waals surface area contributed by atoms with Gasteiger partial charge in [-0.05, 0) is 31.6 Å². The molecule has 2 nitrogen and oxygen atoms in total. The fraction of sp³-hybridized carbons (Fsp3) is 0.917. The van der Waals surface area contributed by atoms with Crippen LogP contribution >= 0.6 is 0 Å². The molecule has 1 heterocycles. The van der Waals surface area contributed by atoms with Gasteiger partial charge >= 0.3 is 5.97 Å². The van der Waals surface area contributed by atoms with E-state index in [4.69, 9.17) is 4.74 Å². The molecule has 3 aliphatic rings. The molecule has 0 aromatic heterocycles. The molecule has 0 aromatic rings. The Morgan fingerprint density at radius 2 is 1.93 bits per heavy atom. The minimum Gasteiger partial charge on any atom is -0.459 e. The summed E-state index contributed by atoms with van der Waals surface area (Å²) < 4.78 is 5.65. The van der Waals surface area contributed by atoms with E-state index in [1.807, 2.05) is 0 Å². The highest BCUT2D eigenvalue weighted by molar-refractivity contribution is 5.76. The third-order valence-electron chi connectivity index (χ3n) is 4.49. The first kappa shape index (κ1) is 8.75. The molecule has 2 atom stereocenters. The predicted octanol–water partition coefficient (Wildman–Crippen LogP) is 2.66. The topological polar surface area (TPSA) is 26.3 Å². The summed E-state index contributed by atoms with van der Waals surface area (Å²) in [6.07, 6.45) is 9.92. The first-order valence-electron chi connectivity index (χ1n) is 6.03. The molecule has 2 saturated carbocycles. The maximum absolute atomic E-state index is 11.5. The van der Waals surface area contributed by atoms with Crippen molar-refractivity contribution in [3.63, 3.8) is 0 Å². The van der Waals surface area contributed by atoms with Crippen LogP contribution < -0.4 is 0 Å². The summed E-state index contributed by atoms with van der Waals surface area (Å²) in [4.78, 5) is 11.5.